The summed E-state index contributed by atoms with van der Waals surface area (Å²) < 4.78 is 21.4. The molecule has 186 valence electrons. The van der Waals surface area contributed by atoms with Crippen molar-refractivity contribution < 1.29 is 19.0 Å². The number of fused-ring (bicyclic) bond motifs is 1. The van der Waals surface area contributed by atoms with Gasteiger partial charge in [-0.25, -0.2) is 19.0 Å². The van der Waals surface area contributed by atoms with Crippen LogP contribution in [0.5, 0.6) is 5.75 Å². The predicted molar refractivity (Wildman–Crippen MR) is 133 cm³/mol. The number of nitrogen functional groups attached to an aromatic ring is 1. The number of ether oxygens (including phenoxy) is 1. The van der Waals surface area contributed by atoms with Crippen LogP contribution in [0, 0.1) is 5.82 Å². The van der Waals surface area contributed by atoms with Gasteiger partial charge in [0.15, 0.2) is 5.65 Å². The number of methoxy groups -OCH3 is 1. The van der Waals surface area contributed by atoms with Gasteiger partial charge in [0.1, 0.15) is 29.4 Å². The number of rotatable bonds is 6. The number of hydrogen-bond acceptors (Lipinski definition) is 7. The van der Waals surface area contributed by atoms with Crippen molar-refractivity contribution in [2.75, 3.05) is 12.8 Å². The number of halogens is 1. The highest BCUT2D eigenvalue weighted by molar-refractivity contribution is 5.98. The number of aliphatic hydroxyl groups excluding tert-OH is 1. The summed E-state index contributed by atoms with van der Waals surface area (Å²) in [5.74, 6) is -0.713. The molecular formula is C26H27FN6O3. The molecule has 2 heterocycles. The molecule has 2 aromatic carbocycles. The third-order valence-electron chi connectivity index (χ3n) is 6.71. The van der Waals surface area contributed by atoms with E-state index in [1.54, 1.807) is 0 Å². The third-order valence-corrected chi connectivity index (χ3v) is 6.71. The largest absolute Gasteiger partial charge is 0.496 e. The highest BCUT2D eigenvalue weighted by Crippen LogP contribution is 2.36. The molecule has 2 unspecified atom stereocenters. The molecule has 0 bridgehead atoms. The molecule has 0 radical (unpaired) electrons. The topological polar surface area (TPSA) is 142 Å². The van der Waals surface area contributed by atoms with Crippen molar-refractivity contribution in [1.82, 2.24) is 19.7 Å². The van der Waals surface area contributed by atoms with Crippen LogP contribution in [0.3, 0.4) is 0 Å². The van der Waals surface area contributed by atoms with E-state index >= 15 is 0 Å². The first-order chi connectivity index (χ1) is 17.4. The summed E-state index contributed by atoms with van der Waals surface area (Å²) in [5, 5.41) is 15.7. The van der Waals surface area contributed by atoms with E-state index in [4.69, 9.17) is 21.3 Å². The molecule has 9 nitrogen and oxygen atoms in total. The third kappa shape index (κ3) is 4.35. The van der Waals surface area contributed by atoms with E-state index in [1.165, 1.54) is 19.5 Å². The van der Waals surface area contributed by atoms with Crippen molar-refractivity contribution in [3.05, 3.63) is 65.2 Å². The first-order valence-corrected chi connectivity index (χ1v) is 11.8. The summed E-state index contributed by atoms with van der Waals surface area (Å²) in [4.78, 5) is 20.4. The molecule has 2 aromatic heterocycles. The molecule has 4 aromatic rings. The lowest BCUT2D eigenvalue weighted by Gasteiger charge is -2.26. The Morgan fingerprint density at radius 3 is 2.69 bits per heavy atom. The molecule has 36 heavy (non-hydrogen) atoms. The number of nitrogens with two attached hydrogens (primary N) is 2. The Bertz CT molecular complexity index is 1440. The van der Waals surface area contributed by atoms with Crippen LogP contribution in [0.4, 0.5) is 10.2 Å². The fourth-order valence-electron chi connectivity index (χ4n) is 5.02. The Kier molecular flexibility index (Phi) is 6.27. The monoisotopic (exact) mass is 490 g/mol. The van der Waals surface area contributed by atoms with Crippen LogP contribution >= 0.6 is 0 Å². The summed E-state index contributed by atoms with van der Waals surface area (Å²) in [5.41, 5.74) is 15.2. The number of anilines is 1. The van der Waals surface area contributed by atoms with Gasteiger partial charge in [-0.1, -0.05) is 24.3 Å². The maximum Gasteiger partial charge on any atom is 0.252 e. The summed E-state index contributed by atoms with van der Waals surface area (Å²) in [6.45, 7) is 0. The molecule has 0 saturated heterocycles. The Hall–Kier alpha value is -4.05. The fraction of sp³-hybridized carbons (Fsp3) is 0.308. The normalized spacial score (nSPS) is 17.9. The number of nitrogens with zero attached hydrogens (tertiary/aromatic N) is 4. The lowest BCUT2D eigenvalue weighted by atomic mass is 9.93. The second kappa shape index (κ2) is 9.54. The van der Waals surface area contributed by atoms with Crippen molar-refractivity contribution in [1.29, 1.82) is 0 Å². The van der Waals surface area contributed by atoms with Gasteiger partial charge in [-0.15, -0.1) is 0 Å². The quantitative estimate of drug-likeness (QED) is 0.376. The van der Waals surface area contributed by atoms with Gasteiger partial charge in [-0.2, -0.15) is 5.10 Å². The number of hydrogen-bond donors (Lipinski definition) is 3. The predicted octanol–water partition coefficient (Wildman–Crippen LogP) is 3.39. The van der Waals surface area contributed by atoms with E-state index in [2.05, 4.69) is 9.97 Å². The van der Waals surface area contributed by atoms with Gasteiger partial charge in [0.05, 0.1) is 30.2 Å². The molecule has 1 aliphatic carbocycles. The first-order valence-electron chi connectivity index (χ1n) is 11.8. The molecule has 1 aliphatic rings. The van der Waals surface area contributed by atoms with E-state index in [-0.39, 0.29) is 23.5 Å². The summed E-state index contributed by atoms with van der Waals surface area (Å²) in [6, 6.07) is 10.1. The number of primary amides is 1. The Morgan fingerprint density at radius 2 is 2.00 bits per heavy atom. The molecule has 5 rings (SSSR count). The van der Waals surface area contributed by atoms with Crippen LogP contribution in [-0.4, -0.2) is 44.0 Å². The molecule has 1 saturated carbocycles. The van der Waals surface area contributed by atoms with Gasteiger partial charge in [0.25, 0.3) is 5.91 Å². The average molecular weight is 491 g/mol. The lowest BCUT2D eigenvalue weighted by Crippen LogP contribution is -2.23. The Balaban J connectivity index is 1.50. The van der Waals surface area contributed by atoms with Crippen molar-refractivity contribution >= 4 is 22.8 Å². The summed E-state index contributed by atoms with van der Waals surface area (Å²) in [7, 11) is 1.42. The highest BCUT2D eigenvalue weighted by Gasteiger charge is 2.27. The maximum atomic E-state index is 14.1. The van der Waals surface area contributed by atoms with Crippen molar-refractivity contribution in [3.63, 3.8) is 0 Å². The SMILES string of the molecule is COc1c(Cc2ccc(-c3nn(C4CCCC(O)C4)c4ncnc(N)c34)cc2)cc(F)cc1C(N)=O. The molecule has 0 spiro atoms. The van der Waals surface area contributed by atoms with Crippen molar-refractivity contribution in [2.24, 2.45) is 5.73 Å². The molecule has 0 aliphatic heterocycles. The smallest absolute Gasteiger partial charge is 0.252 e. The van der Waals surface area contributed by atoms with E-state index < -0.39 is 11.7 Å². The molecule has 5 N–H and O–H groups in total. The number of amides is 1. The van der Waals surface area contributed by atoms with Crippen LogP contribution < -0.4 is 16.2 Å². The van der Waals surface area contributed by atoms with Crippen LogP contribution in [0.2, 0.25) is 0 Å². The van der Waals surface area contributed by atoms with Crippen LogP contribution in [0.1, 0.15) is 53.2 Å². The second-order valence-corrected chi connectivity index (χ2v) is 9.11. The zero-order valence-corrected chi connectivity index (χ0v) is 19.8. The van der Waals surface area contributed by atoms with Gasteiger partial charge in [0, 0.05) is 17.5 Å². The van der Waals surface area contributed by atoms with E-state index in [0.717, 1.165) is 36.5 Å². The van der Waals surface area contributed by atoms with Crippen molar-refractivity contribution in [3.8, 4) is 17.0 Å². The molecule has 2 atom stereocenters. The summed E-state index contributed by atoms with van der Waals surface area (Å²) >= 11 is 0. The zero-order valence-electron chi connectivity index (χ0n) is 19.8. The van der Waals surface area contributed by atoms with Crippen LogP contribution in [0.25, 0.3) is 22.3 Å². The molecule has 10 heteroatoms. The molecule has 1 fully saturated rings. The number of carbonyl (C=O) groups is 1. The van der Waals surface area contributed by atoms with Gasteiger partial charge in [-0.05, 0) is 43.4 Å². The fourth-order valence-corrected chi connectivity index (χ4v) is 5.02. The van der Waals surface area contributed by atoms with Gasteiger partial charge < -0.3 is 21.3 Å². The second-order valence-electron chi connectivity index (χ2n) is 9.11. The number of benzene rings is 2. The van der Waals surface area contributed by atoms with E-state index in [1.807, 2.05) is 28.9 Å². The Morgan fingerprint density at radius 1 is 1.22 bits per heavy atom. The van der Waals surface area contributed by atoms with Crippen LogP contribution in [0.15, 0.2) is 42.7 Å². The standard InChI is InChI=1S/C26H27FN6O3/c1-36-23-16(10-17(27)11-20(23)25(29)35)9-14-5-7-15(8-6-14)22-21-24(28)30-13-31-26(21)33(32-22)18-3-2-4-19(34)12-18/h5-8,10-11,13,18-19,34H,2-4,9,12H2,1H3,(H2,29,35)(H2,28,30,31). The summed E-state index contributed by atoms with van der Waals surface area (Å²) in [6.07, 6.45) is 4.62. The van der Waals surface area contributed by atoms with Crippen LogP contribution in [-0.2, 0) is 6.42 Å². The van der Waals surface area contributed by atoms with E-state index in [9.17, 15) is 14.3 Å². The van der Waals surface area contributed by atoms with Gasteiger partial charge in [-0.3, -0.25) is 4.79 Å². The molecular weight excluding hydrogens is 463 g/mol. The Labute approximate surface area is 206 Å². The average Bonchev–Trinajstić information content (AvgIpc) is 3.25. The minimum atomic E-state index is -0.754. The number of carbonyl (C=O) groups excluding carboxylic acids is 1. The minimum absolute atomic E-state index is 0.00411. The lowest BCUT2D eigenvalue weighted by molar-refractivity contribution is 0.0995. The number of aliphatic hydroxyl groups is 1. The molecule has 1 amide bonds. The van der Waals surface area contributed by atoms with Gasteiger partial charge in [0.2, 0.25) is 0 Å². The maximum absolute atomic E-state index is 14.1. The number of aromatic nitrogens is 4. The first kappa shape index (κ1) is 23.7. The zero-order chi connectivity index (χ0) is 25.4. The minimum Gasteiger partial charge on any atom is -0.496 e. The van der Waals surface area contributed by atoms with Crippen molar-refractivity contribution in [2.45, 2.75) is 44.2 Å². The van der Waals surface area contributed by atoms with Gasteiger partial charge >= 0.3 is 0 Å². The highest BCUT2D eigenvalue weighted by atomic mass is 19.1. The van der Waals surface area contributed by atoms with E-state index in [0.29, 0.717) is 41.0 Å².